The highest BCUT2D eigenvalue weighted by molar-refractivity contribution is 5.95. The van der Waals surface area contributed by atoms with Gasteiger partial charge in [0.15, 0.2) is 0 Å². The van der Waals surface area contributed by atoms with E-state index in [4.69, 9.17) is 14.2 Å². The zero-order chi connectivity index (χ0) is 17.6. The minimum Gasteiger partial charge on any atom is -0.457 e. The van der Waals surface area contributed by atoms with Gasteiger partial charge in [0.05, 0.1) is 18.8 Å². The summed E-state index contributed by atoms with van der Waals surface area (Å²) in [4.78, 5) is 18.7. The van der Waals surface area contributed by atoms with E-state index in [2.05, 4.69) is 4.98 Å². The number of carbonyl (C=O) groups is 1. The molecule has 132 valence electrons. The molecule has 0 aliphatic carbocycles. The molecule has 6 nitrogen and oxygen atoms in total. The van der Waals surface area contributed by atoms with Crippen molar-refractivity contribution < 1.29 is 19.0 Å². The van der Waals surface area contributed by atoms with Crippen LogP contribution in [0.25, 0.3) is 0 Å². The molecule has 2 heterocycles. The maximum Gasteiger partial charge on any atom is 0.254 e. The number of likely N-dealkylation sites (tertiary alicyclic amines) is 1. The fourth-order valence-electron chi connectivity index (χ4n) is 3.04. The Morgan fingerprint density at radius 1 is 1.20 bits per heavy atom. The van der Waals surface area contributed by atoms with Crippen molar-refractivity contribution in [3.05, 3.63) is 54.4 Å². The summed E-state index contributed by atoms with van der Waals surface area (Å²) in [6.07, 6.45) is 4.15. The van der Waals surface area contributed by atoms with Crippen LogP contribution in [0.2, 0.25) is 0 Å². The van der Waals surface area contributed by atoms with Crippen molar-refractivity contribution in [3.8, 4) is 11.5 Å². The lowest BCUT2D eigenvalue weighted by atomic mass is 10.1. The Kier molecular flexibility index (Phi) is 5.63. The van der Waals surface area contributed by atoms with Crippen molar-refractivity contribution in [1.29, 1.82) is 0 Å². The zero-order valence-corrected chi connectivity index (χ0v) is 14.4. The van der Waals surface area contributed by atoms with Gasteiger partial charge in [-0.3, -0.25) is 9.78 Å². The van der Waals surface area contributed by atoms with E-state index in [0.29, 0.717) is 30.2 Å². The number of benzene rings is 1. The molecule has 6 heteroatoms. The lowest BCUT2D eigenvalue weighted by Gasteiger charge is -2.24. The first kappa shape index (κ1) is 17.4. The number of ether oxygens (including phenoxy) is 3. The molecule has 25 heavy (non-hydrogen) atoms. The molecule has 0 radical (unpaired) electrons. The van der Waals surface area contributed by atoms with E-state index in [0.717, 1.165) is 6.42 Å². The lowest BCUT2D eigenvalue weighted by molar-refractivity contribution is 0.0612. The van der Waals surface area contributed by atoms with Crippen LogP contribution in [0.4, 0.5) is 0 Å². The van der Waals surface area contributed by atoms with Crippen LogP contribution in [-0.4, -0.2) is 55.3 Å². The number of hydrogen-bond acceptors (Lipinski definition) is 5. The molecule has 2 aromatic rings. The minimum absolute atomic E-state index is 0.0206. The number of hydrogen-bond donors (Lipinski definition) is 0. The summed E-state index contributed by atoms with van der Waals surface area (Å²) in [6.45, 7) is 1.07. The van der Waals surface area contributed by atoms with Crippen LogP contribution in [-0.2, 0) is 9.47 Å². The zero-order valence-electron chi connectivity index (χ0n) is 14.4. The maximum atomic E-state index is 12.9. The number of pyridine rings is 1. The Bertz CT molecular complexity index is 708. The molecule has 3 rings (SSSR count). The van der Waals surface area contributed by atoms with Crippen LogP contribution >= 0.6 is 0 Å². The highest BCUT2D eigenvalue weighted by Crippen LogP contribution is 2.26. The smallest absolute Gasteiger partial charge is 0.254 e. The number of carbonyl (C=O) groups excluding carboxylic acids is 1. The summed E-state index contributed by atoms with van der Waals surface area (Å²) >= 11 is 0. The van der Waals surface area contributed by atoms with Crippen LogP contribution in [0.5, 0.6) is 11.5 Å². The van der Waals surface area contributed by atoms with E-state index in [1.165, 1.54) is 0 Å². The van der Waals surface area contributed by atoms with Crippen LogP contribution in [0.3, 0.4) is 0 Å². The Morgan fingerprint density at radius 3 is 2.72 bits per heavy atom. The normalized spacial score (nSPS) is 19.8. The van der Waals surface area contributed by atoms with Gasteiger partial charge in [-0.05, 0) is 36.8 Å². The number of amides is 1. The van der Waals surface area contributed by atoms with E-state index >= 15 is 0 Å². The molecule has 0 spiro atoms. The average molecular weight is 342 g/mol. The van der Waals surface area contributed by atoms with Gasteiger partial charge in [0.1, 0.15) is 11.5 Å². The van der Waals surface area contributed by atoms with Crippen molar-refractivity contribution in [2.24, 2.45) is 0 Å². The third-order valence-electron chi connectivity index (χ3n) is 4.30. The molecule has 2 atom stereocenters. The Balaban J connectivity index is 1.76. The third kappa shape index (κ3) is 4.15. The number of nitrogens with zero attached hydrogens (tertiary/aromatic N) is 2. The second-order valence-electron chi connectivity index (χ2n) is 5.97. The standard InChI is InChI=1S/C19H22N2O4/c1-23-13-15-11-18(24-2)12-21(15)19(22)14-4-3-5-17(10-14)25-16-6-8-20-9-7-16/h3-10,15,18H,11-13H2,1-2H3/t15-,18-/m0/s1. The monoisotopic (exact) mass is 342 g/mol. The predicted octanol–water partition coefficient (Wildman–Crippen LogP) is 2.75. The second-order valence-corrected chi connectivity index (χ2v) is 5.97. The summed E-state index contributed by atoms with van der Waals surface area (Å²) < 4.78 is 16.5. The summed E-state index contributed by atoms with van der Waals surface area (Å²) in [5.41, 5.74) is 0.587. The van der Waals surface area contributed by atoms with Gasteiger partial charge in [-0.1, -0.05) is 6.07 Å². The molecule has 1 aromatic heterocycles. The average Bonchev–Trinajstić information content (AvgIpc) is 3.05. The van der Waals surface area contributed by atoms with Crippen molar-refractivity contribution >= 4 is 5.91 Å². The number of rotatable bonds is 6. The largest absolute Gasteiger partial charge is 0.457 e. The molecule has 1 aromatic carbocycles. The minimum atomic E-state index is -0.0400. The van der Waals surface area contributed by atoms with E-state index in [-0.39, 0.29) is 18.1 Å². The highest BCUT2D eigenvalue weighted by atomic mass is 16.5. The van der Waals surface area contributed by atoms with E-state index in [9.17, 15) is 4.79 Å². The molecule has 1 fully saturated rings. The molecule has 0 N–H and O–H groups in total. The van der Waals surface area contributed by atoms with Gasteiger partial charge < -0.3 is 19.1 Å². The Labute approximate surface area is 147 Å². The van der Waals surface area contributed by atoms with Crippen LogP contribution < -0.4 is 4.74 Å². The van der Waals surface area contributed by atoms with Gasteiger partial charge >= 0.3 is 0 Å². The van der Waals surface area contributed by atoms with Gasteiger partial charge in [-0.2, -0.15) is 0 Å². The van der Waals surface area contributed by atoms with Crippen LogP contribution in [0, 0.1) is 0 Å². The van der Waals surface area contributed by atoms with Crippen LogP contribution in [0.1, 0.15) is 16.8 Å². The lowest BCUT2D eigenvalue weighted by Crippen LogP contribution is -2.38. The second kappa shape index (κ2) is 8.09. The fraction of sp³-hybridized carbons (Fsp3) is 0.368. The van der Waals surface area contributed by atoms with E-state index in [1.807, 2.05) is 17.0 Å². The van der Waals surface area contributed by atoms with Gasteiger partial charge in [-0.25, -0.2) is 0 Å². The summed E-state index contributed by atoms with van der Waals surface area (Å²) in [7, 11) is 3.32. The van der Waals surface area contributed by atoms with Crippen molar-refractivity contribution in [2.75, 3.05) is 27.4 Å². The van der Waals surface area contributed by atoms with Crippen molar-refractivity contribution in [2.45, 2.75) is 18.6 Å². The fourth-order valence-corrected chi connectivity index (χ4v) is 3.04. The molecule has 0 saturated carbocycles. The molecular weight excluding hydrogens is 320 g/mol. The first-order chi connectivity index (χ1) is 12.2. The molecule has 1 aliphatic rings. The molecule has 0 bridgehead atoms. The van der Waals surface area contributed by atoms with E-state index in [1.54, 1.807) is 50.9 Å². The first-order valence-corrected chi connectivity index (χ1v) is 8.22. The van der Waals surface area contributed by atoms with E-state index < -0.39 is 0 Å². The summed E-state index contributed by atoms with van der Waals surface area (Å²) in [5.74, 6) is 1.25. The van der Waals surface area contributed by atoms with Crippen LogP contribution in [0.15, 0.2) is 48.8 Å². The molecule has 1 aliphatic heterocycles. The van der Waals surface area contributed by atoms with Gasteiger partial charge in [0.2, 0.25) is 0 Å². The molecule has 0 unspecified atom stereocenters. The van der Waals surface area contributed by atoms with Gasteiger partial charge in [0.25, 0.3) is 5.91 Å². The molecule has 1 amide bonds. The van der Waals surface area contributed by atoms with Crippen molar-refractivity contribution in [1.82, 2.24) is 9.88 Å². The highest BCUT2D eigenvalue weighted by Gasteiger charge is 2.35. The maximum absolute atomic E-state index is 12.9. The van der Waals surface area contributed by atoms with Crippen molar-refractivity contribution in [3.63, 3.8) is 0 Å². The summed E-state index contributed by atoms with van der Waals surface area (Å²) in [5, 5.41) is 0. The Morgan fingerprint density at radius 2 is 2.00 bits per heavy atom. The molecular formula is C19H22N2O4. The first-order valence-electron chi connectivity index (χ1n) is 8.22. The topological polar surface area (TPSA) is 60.9 Å². The summed E-state index contributed by atoms with van der Waals surface area (Å²) in [6, 6.07) is 10.8. The SMILES string of the molecule is COC[C@@H]1C[C@H](OC)CN1C(=O)c1cccc(Oc2ccncc2)c1. The van der Waals surface area contributed by atoms with Gasteiger partial charge in [0, 0.05) is 38.7 Å². The predicted molar refractivity (Wildman–Crippen MR) is 92.9 cm³/mol. The quantitative estimate of drug-likeness (QED) is 0.808. The van der Waals surface area contributed by atoms with Gasteiger partial charge in [-0.15, -0.1) is 0 Å². The third-order valence-corrected chi connectivity index (χ3v) is 4.30. The number of aromatic nitrogens is 1. The molecule has 1 saturated heterocycles. The number of methoxy groups -OCH3 is 2. The Hall–Kier alpha value is -2.44.